The fourth-order valence-corrected chi connectivity index (χ4v) is 3.19. The molecule has 0 aliphatic carbocycles. The maximum absolute atomic E-state index is 14.9. The van der Waals surface area contributed by atoms with E-state index in [2.05, 4.69) is 15.0 Å². The number of hydrogen-bond acceptors (Lipinski definition) is 6. The van der Waals surface area contributed by atoms with E-state index >= 15 is 0 Å². The molecule has 31 heavy (non-hydrogen) atoms. The van der Waals surface area contributed by atoms with E-state index in [1.807, 2.05) is 0 Å². The number of anilines is 3. The number of rotatable bonds is 7. The quantitative estimate of drug-likeness (QED) is 0.315. The summed E-state index contributed by atoms with van der Waals surface area (Å²) in [6.07, 6.45) is 0.858. The second-order valence-corrected chi connectivity index (χ2v) is 7.03. The number of primary amides is 1. The van der Waals surface area contributed by atoms with Crippen LogP contribution in [-0.2, 0) is 6.42 Å². The standard InChI is InChI=1S/C20H17F4N5OS/c1-9-2-3-14(13(21)6-9)28-18-12(19(25)30)8-11(15(22)17(18)24)7-10-4-5-27-20(16(10)23)29-31-26/h2-6,8,28H,7,26H2,1H3,(H2,25,30)(H,27,29). The van der Waals surface area contributed by atoms with E-state index in [0.29, 0.717) is 17.7 Å². The number of aryl methyl sites for hydroxylation is 1. The van der Waals surface area contributed by atoms with Crippen LogP contribution in [0.4, 0.5) is 34.8 Å². The van der Waals surface area contributed by atoms with Crippen molar-refractivity contribution in [3.05, 3.63) is 82.1 Å². The van der Waals surface area contributed by atoms with Crippen LogP contribution in [0.15, 0.2) is 36.5 Å². The fourth-order valence-electron chi connectivity index (χ4n) is 2.93. The van der Waals surface area contributed by atoms with E-state index < -0.39 is 46.8 Å². The molecular weight excluding hydrogens is 434 g/mol. The van der Waals surface area contributed by atoms with Crippen molar-refractivity contribution in [2.45, 2.75) is 13.3 Å². The summed E-state index contributed by atoms with van der Waals surface area (Å²) in [5, 5.41) is 7.62. The van der Waals surface area contributed by atoms with Crippen LogP contribution in [0.5, 0.6) is 0 Å². The highest BCUT2D eigenvalue weighted by molar-refractivity contribution is 7.98. The van der Waals surface area contributed by atoms with Gasteiger partial charge in [-0.1, -0.05) is 6.07 Å². The van der Waals surface area contributed by atoms with Crippen molar-refractivity contribution < 1.29 is 22.4 Å². The van der Waals surface area contributed by atoms with Crippen LogP contribution in [0.1, 0.15) is 27.0 Å². The minimum Gasteiger partial charge on any atom is -0.366 e. The van der Waals surface area contributed by atoms with Crippen LogP contribution in [0, 0.1) is 30.2 Å². The molecule has 2 aromatic carbocycles. The Morgan fingerprint density at radius 2 is 1.81 bits per heavy atom. The lowest BCUT2D eigenvalue weighted by Gasteiger charge is -2.16. The Morgan fingerprint density at radius 3 is 2.45 bits per heavy atom. The highest BCUT2D eigenvalue weighted by Gasteiger charge is 2.23. The molecule has 0 aliphatic heterocycles. The van der Waals surface area contributed by atoms with Crippen molar-refractivity contribution >= 4 is 35.2 Å². The molecule has 0 fully saturated rings. The Kier molecular flexibility index (Phi) is 6.66. The normalized spacial score (nSPS) is 10.8. The summed E-state index contributed by atoms with van der Waals surface area (Å²) in [4.78, 5) is 15.7. The van der Waals surface area contributed by atoms with E-state index in [1.165, 1.54) is 24.4 Å². The number of carbonyl (C=O) groups is 1. The fraction of sp³-hybridized carbons (Fsp3) is 0.100. The highest BCUT2D eigenvalue weighted by atomic mass is 32.2. The molecule has 0 aliphatic rings. The summed E-state index contributed by atoms with van der Waals surface area (Å²) >= 11 is 0.614. The third-order valence-corrected chi connectivity index (χ3v) is 4.75. The SMILES string of the molecule is Cc1ccc(Nc2c(C(N)=O)cc(Cc3ccnc(NSN)c3F)c(F)c2F)c(F)c1. The molecule has 0 saturated carbocycles. The van der Waals surface area contributed by atoms with Crippen molar-refractivity contribution in [1.82, 2.24) is 4.98 Å². The molecule has 0 atom stereocenters. The molecule has 3 rings (SSSR count). The number of amides is 1. The molecule has 0 spiro atoms. The first-order valence-electron chi connectivity index (χ1n) is 8.81. The molecule has 0 radical (unpaired) electrons. The molecule has 6 N–H and O–H groups in total. The summed E-state index contributed by atoms with van der Waals surface area (Å²) in [5.41, 5.74) is 4.39. The molecule has 11 heteroatoms. The van der Waals surface area contributed by atoms with Crippen LogP contribution in [0.25, 0.3) is 0 Å². The molecule has 0 unspecified atom stereocenters. The molecule has 3 aromatic rings. The van der Waals surface area contributed by atoms with Gasteiger partial charge in [0.1, 0.15) is 5.82 Å². The Bertz CT molecular complexity index is 1160. The molecule has 6 nitrogen and oxygen atoms in total. The number of carbonyl (C=O) groups excluding carboxylic acids is 1. The Morgan fingerprint density at radius 1 is 1.06 bits per heavy atom. The third-order valence-electron chi connectivity index (χ3n) is 4.44. The number of benzene rings is 2. The van der Waals surface area contributed by atoms with E-state index in [-0.39, 0.29) is 22.6 Å². The topological polar surface area (TPSA) is 106 Å². The van der Waals surface area contributed by atoms with Crippen LogP contribution in [0.2, 0.25) is 0 Å². The Hall–Kier alpha value is -3.31. The van der Waals surface area contributed by atoms with Gasteiger partial charge in [0.25, 0.3) is 5.91 Å². The first-order valence-corrected chi connectivity index (χ1v) is 9.69. The average Bonchev–Trinajstić information content (AvgIpc) is 2.72. The van der Waals surface area contributed by atoms with Crippen molar-refractivity contribution in [2.75, 3.05) is 10.0 Å². The zero-order valence-electron chi connectivity index (χ0n) is 16.1. The third kappa shape index (κ3) is 4.72. The Labute approximate surface area is 179 Å². The van der Waals surface area contributed by atoms with Crippen LogP contribution in [-0.4, -0.2) is 10.9 Å². The Balaban J connectivity index is 2.05. The molecule has 0 bridgehead atoms. The second kappa shape index (κ2) is 9.23. The molecule has 162 valence electrons. The van der Waals surface area contributed by atoms with Crippen LogP contribution in [0.3, 0.4) is 0 Å². The lowest BCUT2D eigenvalue weighted by molar-refractivity contribution is 0.100. The highest BCUT2D eigenvalue weighted by Crippen LogP contribution is 2.31. The number of pyridine rings is 1. The van der Waals surface area contributed by atoms with Gasteiger partial charge in [0, 0.05) is 24.8 Å². The summed E-state index contributed by atoms with van der Waals surface area (Å²) < 4.78 is 60.8. The van der Waals surface area contributed by atoms with Crippen molar-refractivity contribution in [1.29, 1.82) is 0 Å². The van der Waals surface area contributed by atoms with Crippen molar-refractivity contribution in [2.24, 2.45) is 10.9 Å². The predicted octanol–water partition coefficient (Wildman–Crippen LogP) is 4.31. The predicted molar refractivity (Wildman–Crippen MR) is 112 cm³/mol. The average molecular weight is 451 g/mol. The van der Waals surface area contributed by atoms with Gasteiger partial charge >= 0.3 is 0 Å². The van der Waals surface area contributed by atoms with Crippen LogP contribution < -0.4 is 20.9 Å². The molecule has 1 amide bonds. The van der Waals surface area contributed by atoms with E-state index in [9.17, 15) is 22.4 Å². The lowest BCUT2D eigenvalue weighted by atomic mass is 10.00. The van der Waals surface area contributed by atoms with Gasteiger partial charge in [-0.15, -0.1) is 0 Å². The number of aromatic nitrogens is 1. The van der Waals surface area contributed by atoms with Gasteiger partial charge in [-0.05, 0) is 47.9 Å². The molecular formula is C20H17F4N5OS. The van der Waals surface area contributed by atoms with Crippen molar-refractivity contribution in [3.63, 3.8) is 0 Å². The van der Waals surface area contributed by atoms with E-state index in [1.54, 1.807) is 13.0 Å². The lowest BCUT2D eigenvalue weighted by Crippen LogP contribution is -2.17. The first kappa shape index (κ1) is 22.4. The van der Waals surface area contributed by atoms with Gasteiger partial charge in [-0.2, -0.15) is 0 Å². The number of nitrogens with zero attached hydrogens (tertiary/aromatic N) is 1. The van der Waals surface area contributed by atoms with Gasteiger partial charge in [0.2, 0.25) is 0 Å². The number of nitrogens with one attached hydrogen (secondary N) is 2. The first-order chi connectivity index (χ1) is 14.7. The number of nitrogens with two attached hydrogens (primary N) is 2. The molecule has 0 saturated heterocycles. The van der Waals surface area contributed by atoms with Crippen LogP contribution >= 0.6 is 12.1 Å². The summed E-state index contributed by atoms with van der Waals surface area (Å²) in [7, 11) is 0. The minimum atomic E-state index is -1.45. The van der Waals surface area contributed by atoms with Gasteiger partial charge in [-0.3, -0.25) is 14.7 Å². The van der Waals surface area contributed by atoms with Crippen molar-refractivity contribution in [3.8, 4) is 0 Å². The maximum atomic E-state index is 14.9. The van der Waals surface area contributed by atoms with Gasteiger partial charge in [0.05, 0.1) is 16.9 Å². The van der Waals surface area contributed by atoms with Gasteiger partial charge in [0.15, 0.2) is 23.3 Å². The van der Waals surface area contributed by atoms with Gasteiger partial charge < -0.3 is 11.1 Å². The molecule has 1 heterocycles. The zero-order valence-corrected chi connectivity index (χ0v) is 16.9. The van der Waals surface area contributed by atoms with E-state index in [0.717, 1.165) is 6.07 Å². The summed E-state index contributed by atoms with van der Waals surface area (Å²) in [5.74, 6) is -5.59. The smallest absolute Gasteiger partial charge is 0.250 e. The van der Waals surface area contributed by atoms with E-state index in [4.69, 9.17) is 10.9 Å². The summed E-state index contributed by atoms with van der Waals surface area (Å²) in [6.45, 7) is 1.65. The monoisotopic (exact) mass is 451 g/mol. The second-order valence-electron chi connectivity index (χ2n) is 6.59. The number of halogens is 4. The molecule has 1 aromatic heterocycles. The number of hydrogen-bond donors (Lipinski definition) is 4. The largest absolute Gasteiger partial charge is 0.366 e. The maximum Gasteiger partial charge on any atom is 0.250 e. The minimum absolute atomic E-state index is 0.0226. The summed E-state index contributed by atoms with van der Waals surface area (Å²) in [6, 6.07) is 6.33. The van der Waals surface area contributed by atoms with Gasteiger partial charge in [-0.25, -0.2) is 22.5 Å². The zero-order chi connectivity index (χ0) is 22.7.